The first kappa shape index (κ1) is 25.1. The molecule has 37 heavy (non-hydrogen) atoms. The van der Waals surface area contributed by atoms with Crippen LogP contribution in [0.4, 0.5) is 33.9 Å². The van der Waals surface area contributed by atoms with E-state index in [-0.39, 0.29) is 23.5 Å². The van der Waals surface area contributed by atoms with Crippen LogP contribution in [0.15, 0.2) is 48.7 Å². The van der Waals surface area contributed by atoms with Crippen LogP contribution >= 0.6 is 0 Å². The number of para-hydroxylation sites is 1. The van der Waals surface area contributed by atoms with E-state index in [2.05, 4.69) is 5.10 Å². The molecule has 1 aromatic heterocycles. The van der Waals surface area contributed by atoms with Crippen molar-refractivity contribution >= 4 is 17.5 Å². The van der Waals surface area contributed by atoms with Gasteiger partial charge in [-0.15, -0.1) is 0 Å². The number of rotatable bonds is 4. The van der Waals surface area contributed by atoms with Crippen LogP contribution in [0, 0.1) is 12.7 Å². The summed E-state index contributed by atoms with van der Waals surface area (Å²) in [5.74, 6) is 0.114. The summed E-state index contributed by atoms with van der Waals surface area (Å²) < 4.78 is 57.5. The SMILES string of the molecule is Cc1cccc(F)c1N1CCC(N2Cc3cn(C)nc3N([C@@H](C)c3ccccc3C(F)(F)F)C2=O)CC1. The van der Waals surface area contributed by atoms with Gasteiger partial charge in [0, 0.05) is 37.9 Å². The van der Waals surface area contributed by atoms with Crippen molar-refractivity contribution in [1.29, 1.82) is 0 Å². The topological polar surface area (TPSA) is 44.6 Å². The van der Waals surface area contributed by atoms with Gasteiger partial charge >= 0.3 is 12.2 Å². The number of alkyl halides is 3. The third-order valence-electron chi connectivity index (χ3n) is 7.42. The normalized spacial score (nSPS) is 17.8. The summed E-state index contributed by atoms with van der Waals surface area (Å²) in [6.07, 6.45) is -1.50. The van der Waals surface area contributed by atoms with Gasteiger partial charge in [0.2, 0.25) is 0 Å². The predicted molar refractivity (Wildman–Crippen MR) is 133 cm³/mol. The predicted octanol–water partition coefficient (Wildman–Crippen LogP) is 6.06. The van der Waals surface area contributed by atoms with E-state index < -0.39 is 17.8 Å². The van der Waals surface area contributed by atoms with E-state index in [0.29, 0.717) is 44.0 Å². The van der Waals surface area contributed by atoms with Gasteiger partial charge in [0.05, 0.1) is 23.8 Å². The zero-order chi connectivity index (χ0) is 26.5. The van der Waals surface area contributed by atoms with E-state index in [0.717, 1.165) is 17.2 Å². The lowest BCUT2D eigenvalue weighted by molar-refractivity contribution is -0.138. The number of anilines is 2. The van der Waals surface area contributed by atoms with E-state index in [1.165, 1.54) is 23.1 Å². The van der Waals surface area contributed by atoms with Crippen molar-refractivity contribution in [1.82, 2.24) is 14.7 Å². The van der Waals surface area contributed by atoms with Gasteiger partial charge in [0.25, 0.3) is 0 Å². The molecule has 3 heterocycles. The molecule has 0 bridgehead atoms. The summed E-state index contributed by atoms with van der Waals surface area (Å²) in [5.41, 5.74) is 1.48. The molecule has 196 valence electrons. The molecule has 1 saturated heterocycles. The number of halogens is 4. The van der Waals surface area contributed by atoms with Gasteiger partial charge in [-0.3, -0.25) is 9.58 Å². The number of aromatic nitrogens is 2. The van der Waals surface area contributed by atoms with Crippen molar-refractivity contribution in [3.63, 3.8) is 0 Å². The fourth-order valence-corrected chi connectivity index (χ4v) is 5.64. The first-order chi connectivity index (χ1) is 17.6. The fraction of sp³-hybridized carbons (Fsp3) is 0.407. The number of aryl methyl sites for hydroxylation is 2. The molecule has 3 aromatic rings. The van der Waals surface area contributed by atoms with Crippen molar-refractivity contribution in [2.24, 2.45) is 7.05 Å². The Labute approximate surface area is 213 Å². The Kier molecular flexibility index (Phi) is 6.37. The molecule has 1 atom stereocenters. The molecule has 0 radical (unpaired) electrons. The maximum Gasteiger partial charge on any atom is 0.416 e. The number of carbonyl (C=O) groups is 1. The van der Waals surface area contributed by atoms with Crippen molar-refractivity contribution in [2.75, 3.05) is 22.9 Å². The standard InChI is InChI=1S/C27H29F4N5O/c1-17-7-6-10-23(28)24(17)34-13-11-20(12-14-34)35-16-19-15-33(3)32-25(19)36(26(35)37)18(2)21-8-4-5-9-22(21)27(29,30)31/h4-10,15,18,20H,11-14,16H2,1-3H3/t18-/m0/s1. The number of fused-ring (bicyclic) bond motifs is 1. The Bertz CT molecular complexity index is 1290. The minimum Gasteiger partial charge on any atom is -0.369 e. The number of benzene rings is 2. The molecule has 2 amide bonds. The van der Waals surface area contributed by atoms with Crippen LogP contribution in [-0.4, -0.2) is 39.8 Å². The fourth-order valence-electron chi connectivity index (χ4n) is 5.64. The molecule has 6 nitrogen and oxygen atoms in total. The van der Waals surface area contributed by atoms with Crippen molar-refractivity contribution in [3.8, 4) is 0 Å². The van der Waals surface area contributed by atoms with Gasteiger partial charge in [-0.2, -0.15) is 18.3 Å². The summed E-state index contributed by atoms with van der Waals surface area (Å²) in [7, 11) is 1.73. The van der Waals surface area contributed by atoms with E-state index in [4.69, 9.17) is 0 Å². The van der Waals surface area contributed by atoms with Crippen molar-refractivity contribution in [2.45, 2.75) is 51.5 Å². The van der Waals surface area contributed by atoms with E-state index >= 15 is 0 Å². The molecule has 0 spiro atoms. The Morgan fingerprint density at radius 2 is 1.76 bits per heavy atom. The monoisotopic (exact) mass is 515 g/mol. The highest BCUT2D eigenvalue weighted by molar-refractivity contribution is 5.94. The second-order valence-corrected chi connectivity index (χ2v) is 9.82. The molecule has 0 unspecified atom stereocenters. The molecule has 5 rings (SSSR count). The molecule has 0 N–H and O–H groups in total. The lowest BCUT2D eigenvalue weighted by Crippen LogP contribution is -2.55. The maximum atomic E-state index is 14.5. The van der Waals surface area contributed by atoms with Crippen molar-refractivity contribution in [3.05, 3.63) is 76.7 Å². The lowest BCUT2D eigenvalue weighted by Gasteiger charge is -2.44. The van der Waals surface area contributed by atoms with Crippen LogP contribution < -0.4 is 9.80 Å². The summed E-state index contributed by atoms with van der Waals surface area (Å²) in [5, 5.41) is 4.44. The van der Waals surface area contributed by atoms with Crippen LogP contribution in [0.1, 0.15) is 48.1 Å². The first-order valence-electron chi connectivity index (χ1n) is 12.3. The summed E-state index contributed by atoms with van der Waals surface area (Å²) in [6, 6.07) is 8.98. The van der Waals surface area contributed by atoms with Gasteiger partial charge in [-0.1, -0.05) is 30.3 Å². The molecule has 10 heteroatoms. The van der Waals surface area contributed by atoms with Crippen LogP contribution in [0.3, 0.4) is 0 Å². The Balaban J connectivity index is 1.43. The molecule has 0 saturated carbocycles. The largest absolute Gasteiger partial charge is 0.416 e. The molecule has 0 aliphatic carbocycles. The zero-order valence-electron chi connectivity index (χ0n) is 21.0. The summed E-state index contributed by atoms with van der Waals surface area (Å²) >= 11 is 0. The Morgan fingerprint density at radius 3 is 2.43 bits per heavy atom. The average Bonchev–Trinajstić information content (AvgIpc) is 3.23. The number of nitrogens with zero attached hydrogens (tertiary/aromatic N) is 5. The molecule has 2 aromatic carbocycles. The molecular formula is C27H29F4N5O. The third kappa shape index (κ3) is 4.53. The number of amides is 2. The average molecular weight is 516 g/mol. The number of hydrogen-bond acceptors (Lipinski definition) is 3. The van der Waals surface area contributed by atoms with Crippen LogP contribution in [0.5, 0.6) is 0 Å². The third-order valence-corrected chi connectivity index (χ3v) is 7.42. The minimum atomic E-state index is -4.55. The number of carbonyl (C=O) groups excluding carboxylic acids is 1. The molecule has 1 fully saturated rings. The van der Waals surface area contributed by atoms with Gasteiger partial charge in [-0.05, 0) is 49.9 Å². The summed E-state index contributed by atoms with van der Waals surface area (Å²) in [6.45, 7) is 4.95. The zero-order valence-corrected chi connectivity index (χ0v) is 21.0. The smallest absolute Gasteiger partial charge is 0.369 e. The number of piperidine rings is 1. The number of hydrogen-bond donors (Lipinski definition) is 0. The molecule has 2 aliphatic rings. The van der Waals surface area contributed by atoms with E-state index in [9.17, 15) is 22.4 Å². The molecular weight excluding hydrogens is 486 g/mol. The molecule has 2 aliphatic heterocycles. The highest BCUT2D eigenvalue weighted by Crippen LogP contribution is 2.41. The Morgan fingerprint density at radius 1 is 1.05 bits per heavy atom. The van der Waals surface area contributed by atoms with Gasteiger partial charge in [-0.25, -0.2) is 9.18 Å². The Hall–Kier alpha value is -3.56. The minimum absolute atomic E-state index is 0.0200. The quantitative estimate of drug-likeness (QED) is 0.397. The lowest BCUT2D eigenvalue weighted by atomic mass is 9.97. The number of urea groups is 1. The van der Waals surface area contributed by atoms with Crippen molar-refractivity contribution < 1.29 is 22.4 Å². The van der Waals surface area contributed by atoms with Crippen LogP contribution in [0.25, 0.3) is 0 Å². The van der Waals surface area contributed by atoms with Gasteiger partial charge in [0.1, 0.15) is 5.82 Å². The second-order valence-electron chi connectivity index (χ2n) is 9.82. The van der Waals surface area contributed by atoms with Gasteiger partial charge < -0.3 is 9.80 Å². The van der Waals surface area contributed by atoms with Gasteiger partial charge in [0.15, 0.2) is 5.82 Å². The maximum absolute atomic E-state index is 14.5. The highest BCUT2D eigenvalue weighted by atomic mass is 19.4. The first-order valence-corrected chi connectivity index (χ1v) is 12.3. The van der Waals surface area contributed by atoms with Crippen LogP contribution in [0.2, 0.25) is 0 Å². The highest BCUT2D eigenvalue weighted by Gasteiger charge is 2.42. The van der Waals surface area contributed by atoms with Crippen LogP contribution in [-0.2, 0) is 19.8 Å². The second kappa shape index (κ2) is 9.39. The summed E-state index contributed by atoms with van der Waals surface area (Å²) in [4.78, 5) is 19.0. The van der Waals surface area contributed by atoms with E-state index in [1.54, 1.807) is 35.7 Å². The van der Waals surface area contributed by atoms with E-state index in [1.807, 2.05) is 24.1 Å².